The van der Waals surface area contributed by atoms with Crippen LogP contribution < -0.4 is 0 Å². The Morgan fingerprint density at radius 3 is 2.94 bits per heavy atom. The molecule has 0 saturated carbocycles. The largest absolute Gasteiger partial charge is 0.293 e. The molecule has 2 aromatic heterocycles. The summed E-state index contributed by atoms with van der Waals surface area (Å²) in [4.78, 5) is 18.9. The van der Waals surface area contributed by atoms with Crippen molar-refractivity contribution in [3.8, 4) is 0 Å². The van der Waals surface area contributed by atoms with E-state index in [9.17, 15) is 4.79 Å². The average Bonchev–Trinajstić information content (AvgIpc) is 2.89. The highest BCUT2D eigenvalue weighted by molar-refractivity contribution is 9.11. The number of halogens is 1. The number of hydrogen-bond acceptors (Lipinski definition) is 5. The molecule has 0 unspecified atom stereocenters. The number of carbonyl (C=O) groups excluding carboxylic acids is 1. The van der Waals surface area contributed by atoms with Crippen molar-refractivity contribution in [2.75, 3.05) is 13.6 Å². The predicted molar refractivity (Wildman–Crippen MR) is 74.8 cm³/mol. The van der Waals surface area contributed by atoms with Crippen molar-refractivity contribution in [2.24, 2.45) is 0 Å². The van der Waals surface area contributed by atoms with Crippen molar-refractivity contribution in [2.45, 2.75) is 6.54 Å². The van der Waals surface area contributed by atoms with Gasteiger partial charge in [-0.05, 0) is 35.1 Å². The highest BCUT2D eigenvalue weighted by atomic mass is 79.9. The number of carbonyl (C=O) groups is 1. The normalized spacial score (nSPS) is 11.0. The minimum atomic E-state index is 0.151. The van der Waals surface area contributed by atoms with E-state index in [2.05, 4.69) is 20.9 Å². The molecule has 2 rings (SSSR count). The fraction of sp³-hybridized carbons (Fsp3) is 0.273. The zero-order chi connectivity index (χ0) is 12.3. The van der Waals surface area contributed by atoms with Gasteiger partial charge in [-0.15, -0.1) is 22.7 Å². The molecule has 2 aromatic rings. The van der Waals surface area contributed by atoms with Crippen LogP contribution in [0.15, 0.2) is 26.8 Å². The number of Topliss-reactive ketones (excluding diaryl/α,β-unsaturated/α-hetero) is 1. The fourth-order valence-corrected chi connectivity index (χ4v) is 3.30. The number of nitrogens with zero attached hydrogens (tertiary/aromatic N) is 2. The fourth-order valence-electron chi connectivity index (χ4n) is 1.44. The van der Waals surface area contributed by atoms with Crippen molar-refractivity contribution in [1.29, 1.82) is 0 Å². The molecule has 2 heterocycles. The van der Waals surface area contributed by atoms with Crippen LogP contribution in [0.3, 0.4) is 0 Å². The monoisotopic (exact) mass is 330 g/mol. The molecule has 0 bridgehead atoms. The van der Waals surface area contributed by atoms with Crippen LogP contribution >= 0.6 is 38.6 Å². The van der Waals surface area contributed by atoms with Gasteiger partial charge in [-0.25, -0.2) is 4.98 Å². The van der Waals surface area contributed by atoms with Gasteiger partial charge in [0.15, 0.2) is 5.78 Å². The van der Waals surface area contributed by atoms with E-state index in [-0.39, 0.29) is 5.78 Å². The Labute approximate surface area is 116 Å². The number of hydrogen-bond donors (Lipinski definition) is 0. The number of rotatable bonds is 5. The molecule has 17 heavy (non-hydrogen) atoms. The summed E-state index contributed by atoms with van der Waals surface area (Å²) < 4.78 is 0.989. The standard InChI is InChI=1S/C11H11BrN2OS2/c1-14(4-8-6-16-7-13-8)5-9(15)10-2-3-11(12)17-10/h2-3,6-7H,4-5H2,1H3. The smallest absolute Gasteiger partial charge is 0.186 e. The number of aromatic nitrogens is 1. The Morgan fingerprint density at radius 1 is 1.53 bits per heavy atom. The lowest BCUT2D eigenvalue weighted by Gasteiger charge is -2.13. The molecule has 0 aliphatic carbocycles. The van der Waals surface area contributed by atoms with E-state index in [1.807, 2.05) is 29.5 Å². The molecule has 0 fully saturated rings. The Morgan fingerprint density at radius 2 is 2.35 bits per heavy atom. The molecule has 0 radical (unpaired) electrons. The van der Waals surface area contributed by atoms with E-state index in [0.717, 1.165) is 14.4 Å². The van der Waals surface area contributed by atoms with Crippen LogP contribution in [0.25, 0.3) is 0 Å². The van der Waals surface area contributed by atoms with Crippen molar-refractivity contribution in [3.63, 3.8) is 0 Å². The van der Waals surface area contributed by atoms with Gasteiger partial charge in [0.2, 0.25) is 0 Å². The van der Waals surface area contributed by atoms with E-state index < -0.39 is 0 Å². The highest BCUT2D eigenvalue weighted by Gasteiger charge is 2.12. The second-order valence-corrected chi connectivity index (χ2v) is 6.86. The van der Waals surface area contributed by atoms with Gasteiger partial charge in [0, 0.05) is 11.9 Å². The van der Waals surface area contributed by atoms with Crippen molar-refractivity contribution < 1.29 is 4.79 Å². The lowest BCUT2D eigenvalue weighted by Crippen LogP contribution is -2.25. The van der Waals surface area contributed by atoms with Gasteiger partial charge in [-0.1, -0.05) is 0 Å². The summed E-state index contributed by atoms with van der Waals surface area (Å²) in [5.41, 5.74) is 2.82. The second kappa shape index (κ2) is 5.86. The predicted octanol–water partition coefficient (Wildman–Crippen LogP) is 3.28. The van der Waals surface area contributed by atoms with E-state index in [4.69, 9.17) is 0 Å². The Balaban J connectivity index is 1.90. The summed E-state index contributed by atoms with van der Waals surface area (Å²) in [7, 11) is 1.93. The summed E-state index contributed by atoms with van der Waals surface area (Å²) in [6, 6.07) is 3.76. The SMILES string of the molecule is CN(CC(=O)c1ccc(Br)s1)Cc1cscn1. The van der Waals surface area contributed by atoms with Crippen LogP contribution in [-0.4, -0.2) is 29.3 Å². The van der Waals surface area contributed by atoms with Gasteiger partial charge in [0.1, 0.15) is 0 Å². The Bertz CT molecular complexity index is 495. The maximum absolute atomic E-state index is 11.9. The van der Waals surface area contributed by atoms with Crippen LogP contribution in [0.5, 0.6) is 0 Å². The van der Waals surface area contributed by atoms with Gasteiger partial charge in [0.25, 0.3) is 0 Å². The van der Waals surface area contributed by atoms with Crippen molar-refractivity contribution in [1.82, 2.24) is 9.88 Å². The quantitative estimate of drug-likeness (QED) is 0.789. The van der Waals surface area contributed by atoms with Gasteiger partial charge >= 0.3 is 0 Å². The molecule has 0 saturated heterocycles. The molecule has 6 heteroatoms. The van der Waals surface area contributed by atoms with Gasteiger partial charge < -0.3 is 0 Å². The lowest BCUT2D eigenvalue weighted by molar-refractivity contribution is 0.0946. The molecule has 0 aliphatic heterocycles. The number of likely N-dealkylation sites (N-methyl/N-ethyl adjacent to an activating group) is 1. The number of ketones is 1. The van der Waals surface area contributed by atoms with Crippen LogP contribution in [0.4, 0.5) is 0 Å². The Kier molecular flexibility index (Phi) is 4.44. The molecule has 0 spiro atoms. The van der Waals surface area contributed by atoms with Crippen molar-refractivity contribution in [3.05, 3.63) is 37.4 Å². The van der Waals surface area contributed by atoms with Gasteiger partial charge in [0.05, 0.1) is 26.4 Å². The first-order chi connectivity index (χ1) is 8.15. The lowest BCUT2D eigenvalue weighted by atomic mass is 10.3. The summed E-state index contributed by atoms with van der Waals surface area (Å²) in [6.07, 6.45) is 0. The van der Waals surface area contributed by atoms with Gasteiger partial charge in [-0.2, -0.15) is 0 Å². The maximum atomic E-state index is 11.9. The number of thiazole rings is 1. The maximum Gasteiger partial charge on any atom is 0.186 e. The molecule has 0 atom stereocenters. The second-order valence-electron chi connectivity index (χ2n) is 3.68. The van der Waals surface area contributed by atoms with Crippen LogP contribution in [-0.2, 0) is 6.54 Å². The third-order valence-electron chi connectivity index (χ3n) is 2.18. The average molecular weight is 331 g/mol. The molecule has 90 valence electrons. The Hall–Kier alpha value is -0.560. The number of thiophene rings is 1. The van der Waals surface area contributed by atoms with Crippen LogP contribution in [0, 0.1) is 0 Å². The summed E-state index contributed by atoms with van der Waals surface area (Å²) in [6.45, 7) is 1.13. The molecular weight excluding hydrogens is 320 g/mol. The molecule has 0 amide bonds. The van der Waals surface area contributed by atoms with Crippen molar-refractivity contribution >= 4 is 44.4 Å². The first kappa shape index (κ1) is 12.9. The van der Waals surface area contributed by atoms with Crippen LogP contribution in [0.2, 0.25) is 0 Å². The van der Waals surface area contributed by atoms with E-state index >= 15 is 0 Å². The van der Waals surface area contributed by atoms with Gasteiger partial charge in [-0.3, -0.25) is 9.69 Å². The van der Waals surface area contributed by atoms with E-state index in [1.54, 1.807) is 16.8 Å². The van der Waals surface area contributed by atoms with Crippen LogP contribution in [0.1, 0.15) is 15.4 Å². The van der Waals surface area contributed by atoms with E-state index in [0.29, 0.717) is 13.1 Å². The topological polar surface area (TPSA) is 33.2 Å². The third-order valence-corrected chi connectivity index (χ3v) is 4.48. The first-order valence-electron chi connectivity index (χ1n) is 4.99. The zero-order valence-electron chi connectivity index (χ0n) is 9.22. The molecule has 3 nitrogen and oxygen atoms in total. The third kappa shape index (κ3) is 3.70. The summed E-state index contributed by atoms with van der Waals surface area (Å²) in [5, 5.41) is 2.00. The molecule has 0 aromatic carbocycles. The zero-order valence-corrected chi connectivity index (χ0v) is 12.4. The molecular formula is C11H11BrN2OS2. The summed E-state index contributed by atoms with van der Waals surface area (Å²) in [5.74, 6) is 0.151. The molecule has 0 aliphatic rings. The summed E-state index contributed by atoms with van der Waals surface area (Å²) >= 11 is 6.41. The van der Waals surface area contributed by atoms with E-state index in [1.165, 1.54) is 11.3 Å². The highest BCUT2D eigenvalue weighted by Crippen LogP contribution is 2.22. The molecule has 0 N–H and O–H groups in total. The first-order valence-corrected chi connectivity index (χ1v) is 7.54. The minimum absolute atomic E-state index is 0.151. The minimum Gasteiger partial charge on any atom is -0.293 e.